The van der Waals surface area contributed by atoms with E-state index in [9.17, 15) is 0 Å². The number of hydrogen-bond acceptors (Lipinski definition) is 0. The second kappa shape index (κ2) is 3.80. The SMILES string of the molecule is C=CC1(C)CC12CC2(C)CC(C)C1(C)C(C)C1(C)C(C)C. The molecule has 7 atom stereocenters. The van der Waals surface area contributed by atoms with E-state index in [2.05, 4.69) is 68.0 Å². The van der Waals surface area contributed by atoms with Gasteiger partial charge in [0.25, 0.3) is 0 Å². The lowest BCUT2D eigenvalue weighted by Crippen LogP contribution is -2.23. The van der Waals surface area contributed by atoms with E-state index in [1.807, 2.05) is 0 Å². The Balaban J connectivity index is 1.73. The molecular weight excluding hydrogens is 252 g/mol. The Bertz CT molecular complexity index is 490. The third-order valence-electron chi connectivity index (χ3n) is 9.67. The molecular formula is C21H36. The first-order valence-corrected chi connectivity index (χ1v) is 9.09. The highest BCUT2D eigenvalue weighted by molar-refractivity contribution is 5.35. The zero-order valence-corrected chi connectivity index (χ0v) is 15.6. The summed E-state index contributed by atoms with van der Waals surface area (Å²) in [5.74, 6) is 2.49. The quantitative estimate of drug-likeness (QED) is 0.519. The zero-order chi connectivity index (χ0) is 16.1. The van der Waals surface area contributed by atoms with Crippen LogP contribution in [0.1, 0.15) is 74.7 Å². The van der Waals surface area contributed by atoms with Gasteiger partial charge in [-0.25, -0.2) is 0 Å². The first kappa shape index (κ1) is 15.6. The Morgan fingerprint density at radius 1 is 1.05 bits per heavy atom. The summed E-state index contributed by atoms with van der Waals surface area (Å²) < 4.78 is 0. The third-order valence-corrected chi connectivity index (χ3v) is 9.67. The molecule has 1 spiro atoms. The lowest BCUT2D eigenvalue weighted by molar-refractivity contribution is 0.183. The molecule has 0 aromatic carbocycles. The monoisotopic (exact) mass is 288 g/mol. The van der Waals surface area contributed by atoms with Crippen molar-refractivity contribution in [3.05, 3.63) is 12.7 Å². The van der Waals surface area contributed by atoms with E-state index in [0.717, 1.165) is 17.8 Å². The third kappa shape index (κ3) is 1.48. The van der Waals surface area contributed by atoms with Gasteiger partial charge < -0.3 is 0 Å². The summed E-state index contributed by atoms with van der Waals surface area (Å²) in [4.78, 5) is 0. The highest BCUT2D eigenvalue weighted by atomic mass is 14.9. The van der Waals surface area contributed by atoms with E-state index in [1.165, 1.54) is 19.3 Å². The summed E-state index contributed by atoms with van der Waals surface area (Å²) in [6.07, 6.45) is 6.48. The molecule has 3 fully saturated rings. The van der Waals surface area contributed by atoms with E-state index in [0.29, 0.717) is 27.1 Å². The van der Waals surface area contributed by atoms with Gasteiger partial charge in [-0.2, -0.15) is 0 Å². The number of allylic oxidation sites excluding steroid dienone is 1. The molecule has 0 heterocycles. The van der Waals surface area contributed by atoms with E-state index in [1.54, 1.807) is 0 Å². The van der Waals surface area contributed by atoms with Gasteiger partial charge in [0.1, 0.15) is 0 Å². The summed E-state index contributed by atoms with van der Waals surface area (Å²) in [5.41, 5.74) is 2.72. The normalized spacial score (nSPS) is 59.2. The minimum atomic E-state index is 0.443. The average Bonchev–Trinajstić information content (AvgIpc) is 3.27. The van der Waals surface area contributed by atoms with Crippen LogP contribution in [0.3, 0.4) is 0 Å². The second-order valence-corrected chi connectivity index (χ2v) is 10.2. The molecule has 0 aromatic rings. The van der Waals surface area contributed by atoms with E-state index < -0.39 is 0 Å². The standard InChI is InChI=1S/C21H36/c1-10-17(6)12-21(17)13-18(21,7)11-15(4)20(9)16(5)19(20,8)14(2)3/h10,14-16H,1,11-13H2,2-9H3. The molecule has 3 rings (SSSR count). The van der Waals surface area contributed by atoms with Crippen molar-refractivity contribution in [2.24, 2.45) is 44.8 Å². The fourth-order valence-corrected chi connectivity index (χ4v) is 7.00. The summed E-state index contributed by atoms with van der Waals surface area (Å²) in [6.45, 7) is 24.1. The van der Waals surface area contributed by atoms with E-state index in [-0.39, 0.29) is 0 Å². The fourth-order valence-electron chi connectivity index (χ4n) is 7.00. The van der Waals surface area contributed by atoms with E-state index in [4.69, 9.17) is 0 Å². The van der Waals surface area contributed by atoms with Crippen molar-refractivity contribution in [2.75, 3.05) is 0 Å². The Kier molecular flexibility index (Phi) is 2.82. The second-order valence-electron chi connectivity index (χ2n) is 10.2. The average molecular weight is 289 g/mol. The molecule has 0 aliphatic heterocycles. The molecule has 0 amide bonds. The molecule has 0 nitrogen and oxygen atoms in total. The molecule has 3 saturated carbocycles. The maximum atomic E-state index is 4.09. The van der Waals surface area contributed by atoms with Crippen LogP contribution < -0.4 is 0 Å². The van der Waals surface area contributed by atoms with Crippen molar-refractivity contribution in [2.45, 2.75) is 74.7 Å². The van der Waals surface area contributed by atoms with Crippen molar-refractivity contribution < 1.29 is 0 Å². The van der Waals surface area contributed by atoms with Gasteiger partial charge in [0.05, 0.1) is 0 Å². The smallest absolute Gasteiger partial charge is 0.00813 e. The molecule has 7 unspecified atom stereocenters. The Labute approximate surface area is 132 Å². The maximum Gasteiger partial charge on any atom is -0.00813 e. The van der Waals surface area contributed by atoms with Crippen LogP contribution in [0, 0.1) is 44.8 Å². The van der Waals surface area contributed by atoms with Gasteiger partial charge >= 0.3 is 0 Å². The van der Waals surface area contributed by atoms with Crippen LogP contribution in [0.2, 0.25) is 0 Å². The minimum Gasteiger partial charge on any atom is -0.103 e. The predicted molar refractivity (Wildman–Crippen MR) is 92.1 cm³/mol. The van der Waals surface area contributed by atoms with Crippen molar-refractivity contribution >= 4 is 0 Å². The van der Waals surface area contributed by atoms with Crippen LogP contribution in [0.4, 0.5) is 0 Å². The summed E-state index contributed by atoms with van der Waals surface area (Å²) in [5, 5.41) is 0. The maximum absolute atomic E-state index is 4.09. The first-order chi connectivity index (χ1) is 9.45. The molecule has 0 saturated heterocycles. The lowest BCUT2D eigenvalue weighted by atomic mass is 9.74. The van der Waals surface area contributed by atoms with Gasteiger partial charge in [0.15, 0.2) is 0 Å². The molecule has 3 aliphatic carbocycles. The molecule has 3 aliphatic rings. The highest BCUT2D eigenvalue weighted by Gasteiger charge is 2.82. The zero-order valence-electron chi connectivity index (χ0n) is 15.6. The van der Waals surface area contributed by atoms with Gasteiger partial charge in [-0.15, -0.1) is 6.58 Å². The Morgan fingerprint density at radius 3 is 2.00 bits per heavy atom. The summed E-state index contributed by atoms with van der Waals surface area (Å²) in [6, 6.07) is 0. The molecule has 120 valence electrons. The molecule has 0 aromatic heterocycles. The lowest BCUT2D eigenvalue weighted by Gasteiger charge is -2.30. The van der Waals surface area contributed by atoms with E-state index >= 15 is 0 Å². The van der Waals surface area contributed by atoms with Gasteiger partial charge in [-0.05, 0) is 64.1 Å². The summed E-state index contributed by atoms with van der Waals surface area (Å²) >= 11 is 0. The van der Waals surface area contributed by atoms with Crippen molar-refractivity contribution in [3.63, 3.8) is 0 Å². The van der Waals surface area contributed by atoms with Gasteiger partial charge in [0, 0.05) is 0 Å². The van der Waals surface area contributed by atoms with Gasteiger partial charge in [-0.1, -0.05) is 61.5 Å². The van der Waals surface area contributed by atoms with Crippen molar-refractivity contribution in [1.29, 1.82) is 0 Å². The van der Waals surface area contributed by atoms with Crippen LogP contribution in [-0.4, -0.2) is 0 Å². The topological polar surface area (TPSA) is 0 Å². The molecule has 21 heavy (non-hydrogen) atoms. The predicted octanol–water partition coefficient (Wildman–Crippen LogP) is 6.32. The minimum absolute atomic E-state index is 0.443. The molecule has 0 radical (unpaired) electrons. The van der Waals surface area contributed by atoms with Crippen molar-refractivity contribution in [1.82, 2.24) is 0 Å². The van der Waals surface area contributed by atoms with Crippen LogP contribution in [0.5, 0.6) is 0 Å². The molecule has 0 N–H and O–H groups in total. The largest absolute Gasteiger partial charge is 0.103 e. The van der Waals surface area contributed by atoms with Gasteiger partial charge in [-0.3, -0.25) is 0 Å². The fraction of sp³-hybridized carbons (Fsp3) is 0.905. The highest BCUT2D eigenvalue weighted by Crippen LogP contribution is 2.90. The number of hydrogen-bond donors (Lipinski definition) is 0. The molecule has 0 heteroatoms. The summed E-state index contributed by atoms with van der Waals surface area (Å²) in [7, 11) is 0. The van der Waals surface area contributed by atoms with Crippen LogP contribution >= 0.6 is 0 Å². The first-order valence-electron chi connectivity index (χ1n) is 9.09. The number of rotatable bonds is 5. The van der Waals surface area contributed by atoms with Crippen molar-refractivity contribution in [3.8, 4) is 0 Å². The van der Waals surface area contributed by atoms with Gasteiger partial charge in [0.2, 0.25) is 0 Å². The van der Waals surface area contributed by atoms with Crippen LogP contribution in [-0.2, 0) is 0 Å². The molecule has 0 bridgehead atoms. The Hall–Kier alpha value is -0.260. The van der Waals surface area contributed by atoms with Crippen LogP contribution in [0.15, 0.2) is 12.7 Å². The Morgan fingerprint density at radius 2 is 1.62 bits per heavy atom. The van der Waals surface area contributed by atoms with Crippen LogP contribution in [0.25, 0.3) is 0 Å².